The molecule has 0 radical (unpaired) electrons. The van der Waals surface area contributed by atoms with Crippen LogP contribution in [0.5, 0.6) is 0 Å². The van der Waals surface area contributed by atoms with Crippen LogP contribution in [-0.2, 0) is 16.1 Å². The first-order chi connectivity index (χ1) is 9.96. The normalized spacial score (nSPS) is 14.3. The van der Waals surface area contributed by atoms with Gasteiger partial charge in [-0.2, -0.15) is 0 Å². The maximum absolute atomic E-state index is 12.1. The molecule has 0 saturated heterocycles. The van der Waals surface area contributed by atoms with E-state index in [1.165, 1.54) is 7.11 Å². The Bertz CT molecular complexity index is 621. The fraction of sp³-hybridized carbons (Fsp3) is 0.500. The van der Waals surface area contributed by atoms with Crippen LogP contribution in [0.25, 0.3) is 11.0 Å². The molecule has 0 amide bonds. The largest absolute Gasteiger partial charge is 0.468 e. The predicted molar refractivity (Wildman–Crippen MR) is 83.0 cm³/mol. The summed E-state index contributed by atoms with van der Waals surface area (Å²) in [6.45, 7) is 6.63. The fourth-order valence-corrected chi connectivity index (χ4v) is 2.63. The van der Waals surface area contributed by atoms with E-state index < -0.39 is 5.54 Å². The van der Waals surface area contributed by atoms with E-state index in [1.807, 2.05) is 51.4 Å². The summed E-state index contributed by atoms with van der Waals surface area (Å²) in [6, 6.07) is 8.18. The highest BCUT2D eigenvalue weighted by atomic mass is 16.5. The van der Waals surface area contributed by atoms with Crippen LogP contribution >= 0.6 is 0 Å². The van der Waals surface area contributed by atoms with Crippen LogP contribution in [0, 0.1) is 0 Å². The third-order valence-corrected chi connectivity index (χ3v) is 3.62. The molecule has 21 heavy (non-hydrogen) atoms. The molecule has 0 saturated carbocycles. The van der Waals surface area contributed by atoms with Crippen molar-refractivity contribution < 1.29 is 9.53 Å². The molecule has 0 fully saturated rings. The number of carbonyl (C=O) groups excluding carboxylic acids is 1. The summed E-state index contributed by atoms with van der Waals surface area (Å²) in [7, 11) is 1.43. The van der Waals surface area contributed by atoms with Crippen molar-refractivity contribution in [3.05, 3.63) is 30.6 Å². The van der Waals surface area contributed by atoms with Crippen LogP contribution < -0.4 is 5.32 Å². The molecule has 1 atom stereocenters. The second-order valence-electron chi connectivity index (χ2n) is 5.80. The summed E-state index contributed by atoms with van der Waals surface area (Å²) in [5.74, 6) is -0.236. The summed E-state index contributed by atoms with van der Waals surface area (Å²) in [6.07, 6.45) is 2.45. The molecule has 0 aliphatic heterocycles. The number of methoxy groups -OCH3 is 1. The van der Waals surface area contributed by atoms with E-state index in [4.69, 9.17) is 4.74 Å². The van der Waals surface area contributed by atoms with Gasteiger partial charge in [-0.3, -0.25) is 10.1 Å². The first kappa shape index (κ1) is 15.5. The summed E-state index contributed by atoms with van der Waals surface area (Å²) >= 11 is 0. The number of aromatic nitrogens is 2. The summed E-state index contributed by atoms with van der Waals surface area (Å²) in [4.78, 5) is 16.5. The Morgan fingerprint density at radius 2 is 2.14 bits per heavy atom. The number of hydrogen-bond acceptors (Lipinski definition) is 4. The highest BCUT2D eigenvalue weighted by Crippen LogP contribution is 2.18. The van der Waals surface area contributed by atoms with Gasteiger partial charge in [0.2, 0.25) is 0 Å². The van der Waals surface area contributed by atoms with Gasteiger partial charge in [-0.25, -0.2) is 4.98 Å². The molecule has 1 N–H and O–H groups in total. The van der Waals surface area contributed by atoms with Crippen molar-refractivity contribution in [1.29, 1.82) is 0 Å². The van der Waals surface area contributed by atoms with Gasteiger partial charge in [0, 0.05) is 12.6 Å². The molecule has 114 valence electrons. The van der Waals surface area contributed by atoms with Crippen molar-refractivity contribution in [2.45, 2.75) is 45.3 Å². The number of nitrogens with one attached hydrogen (secondary N) is 1. The van der Waals surface area contributed by atoms with Gasteiger partial charge in [0.15, 0.2) is 0 Å². The van der Waals surface area contributed by atoms with Crippen molar-refractivity contribution in [3.63, 3.8) is 0 Å². The molecule has 5 heteroatoms. The first-order valence-corrected chi connectivity index (χ1v) is 7.22. The van der Waals surface area contributed by atoms with Gasteiger partial charge in [0.1, 0.15) is 5.54 Å². The molecule has 2 rings (SSSR count). The molecule has 0 aliphatic carbocycles. The molecule has 5 nitrogen and oxygen atoms in total. The number of hydrogen-bond donors (Lipinski definition) is 1. The van der Waals surface area contributed by atoms with Crippen LogP contribution in [-0.4, -0.2) is 34.2 Å². The number of rotatable bonds is 6. The molecule has 1 aromatic carbocycles. The SMILES string of the molecule is COC(=O)C(C)(CCn1cnc2ccccc21)NC(C)C. The lowest BCUT2D eigenvalue weighted by Crippen LogP contribution is -2.53. The van der Waals surface area contributed by atoms with E-state index in [-0.39, 0.29) is 12.0 Å². The Kier molecular flexibility index (Phi) is 4.63. The Morgan fingerprint density at radius 3 is 2.81 bits per heavy atom. The second kappa shape index (κ2) is 6.26. The minimum atomic E-state index is -0.700. The number of imidazole rings is 1. The molecular formula is C16H23N3O2. The topological polar surface area (TPSA) is 56.2 Å². The van der Waals surface area contributed by atoms with Gasteiger partial charge < -0.3 is 9.30 Å². The Balaban J connectivity index is 2.16. The Morgan fingerprint density at radius 1 is 1.43 bits per heavy atom. The lowest BCUT2D eigenvalue weighted by atomic mass is 9.96. The Labute approximate surface area is 125 Å². The van der Waals surface area contributed by atoms with E-state index in [0.717, 1.165) is 11.0 Å². The quantitative estimate of drug-likeness (QED) is 0.829. The second-order valence-corrected chi connectivity index (χ2v) is 5.80. The summed E-state index contributed by atoms with van der Waals surface area (Å²) in [5.41, 5.74) is 1.34. The van der Waals surface area contributed by atoms with Gasteiger partial charge in [0.25, 0.3) is 0 Å². The van der Waals surface area contributed by atoms with Crippen molar-refractivity contribution in [3.8, 4) is 0 Å². The van der Waals surface area contributed by atoms with Gasteiger partial charge >= 0.3 is 5.97 Å². The zero-order valence-corrected chi connectivity index (χ0v) is 13.1. The highest BCUT2D eigenvalue weighted by Gasteiger charge is 2.34. The van der Waals surface area contributed by atoms with E-state index in [0.29, 0.717) is 13.0 Å². The lowest BCUT2D eigenvalue weighted by molar-refractivity contribution is -0.148. The van der Waals surface area contributed by atoms with Gasteiger partial charge in [-0.1, -0.05) is 12.1 Å². The van der Waals surface area contributed by atoms with Crippen molar-refractivity contribution in [2.75, 3.05) is 7.11 Å². The van der Waals surface area contributed by atoms with Crippen LogP contribution in [0.15, 0.2) is 30.6 Å². The van der Waals surface area contributed by atoms with Crippen LogP contribution in [0.4, 0.5) is 0 Å². The van der Waals surface area contributed by atoms with Crippen LogP contribution in [0.1, 0.15) is 27.2 Å². The van der Waals surface area contributed by atoms with Crippen molar-refractivity contribution >= 4 is 17.0 Å². The highest BCUT2D eigenvalue weighted by molar-refractivity contribution is 5.80. The molecule has 1 aromatic heterocycles. The average molecular weight is 289 g/mol. The van der Waals surface area contributed by atoms with Crippen molar-refractivity contribution in [2.24, 2.45) is 0 Å². The summed E-state index contributed by atoms with van der Waals surface area (Å²) in [5, 5.41) is 3.31. The zero-order chi connectivity index (χ0) is 15.5. The third-order valence-electron chi connectivity index (χ3n) is 3.62. The number of esters is 1. The Hall–Kier alpha value is -1.88. The van der Waals surface area contributed by atoms with E-state index >= 15 is 0 Å². The maximum Gasteiger partial charge on any atom is 0.325 e. The van der Waals surface area contributed by atoms with Crippen molar-refractivity contribution in [1.82, 2.24) is 14.9 Å². The lowest BCUT2D eigenvalue weighted by Gasteiger charge is -2.30. The first-order valence-electron chi connectivity index (χ1n) is 7.22. The number of carbonyl (C=O) groups is 1. The number of para-hydroxylation sites is 2. The van der Waals surface area contributed by atoms with E-state index in [1.54, 1.807) is 0 Å². The molecule has 0 spiro atoms. The smallest absolute Gasteiger partial charge is 0.325 e. The fourth-order valence-electron chi connectivity index (χ4n) is 2.63. The third kappa shape index (κ3) is 3.42. The molecule has 0 bridgehead atoms. The monoisotopic (exact) mass is 289 g/mol. The number of ether oxygens (including phenoxy) is 1. The number of nitrogens with zero attached hydrogens (tertiary/aromatic N) is 2. The number of aryl methyl sites for hydroxylation is 1. The molecule has 2 aromatic rings. The zero-order valence-electron chi connectivity index (χ0n) is 13.1. The van der Waals surface area contributed by atoms with Gasteiger partial charge in [-0.05, 0) is 39.3 Å². The molecule has 0 aliphatic rings. The number of benzene rings is 1. The maximum atomic E-state index is 12.1. The standard InChI is InChI=1S/C16H23N3O2/c1-12(2)18-16(3,15(20)21-4)9-10-19-11-17-13-7-5-6-8-14(13)19/h5-8,11-12,18H,9-10H2,1-4H3. The average Bonchev–Trinajstić information content (AvgIpc) is 2.87. The van der Waals surface area contributed by atoms with E-state index in [9.17, 15) is 4.79 Å². The van der Waals surface area contributed by atoms with Gasteiger partial charge in [-0.15, -0.1) is 0 Å². The van der Waals surface area contributed by atoms with Crippen LogP contribution in [0.3, 0.4) is 0 Å². The summed E-state index contributed by atoms with van der Waals surface area (Å²) < 4.78 is 7.02. The van der Waals surface area contributed by atoms with E-state index in [2.05, 4.69) is 14.9 Å². The predicted octanol–water partition coefficient (Wildman–Crippen LogP) is 2.36. The van der Waals surface area contributed by atoms with Gasteiger partial charge in [0.05, 0.1) is 24.5 Å². The van der Waals surface area contributed by atoms with Crippen LogP contribution in [0.2, 0.25) is 0 Å². The minimum absolute atomic E-state index is 0.202. The minimum Gasteiger partial charge on any atom is -0.468 e. The number of fused-ring (bicyclic) bond motifs is 1. The molecular weight excluding hydrogens is 266 g/mol. The molecule has 1 heterocycles. The molecule has 1 unspecified atom stereocenters.